The van der Waals surface area contributed by atoms with Crippen molar-refractivity contribution in [3.8, 4) is 0 Å². The lowest BCUT2D eigenvalue weighted by Gasteiger charge is -2.02. The van der Waals surface area contributed by atoms with Crippen LogP contribution >= 0.6 is 0 Å². The van der Waals surface area contributed by atoms with Crippen molar-refractivity contribution in [2.45, 2.75) is 37.8 Å². The molecule has 0 aromatic rings. The Labute approximate surface area is 100 Å². The van der Waals surface area contributed by atoms with Crippen molar-refractivity contribution in [1.82, 2.24) is 5.32 Å². The van der Waals surface area contributed by atoms with E-state index in [1.807, 2.05) is 0 Å². The number of carboxylic acid groups (broad SMARTS) is 2. The summed E-state index contributed by atoms with van der Waals surface area (Å²) in [6.07, 6.45) is 2.92. The molecular weight excluding hydrogens is 226 g/mol. The number of carboxylic acids is 2. The number of aliphatic carboxylic acids is 2. The van der Waals surface area contributed by atoms with Gasteiger partial charge in [-0.2, -0.15) is 0 Å². The SMILES string of the molecule is NCCCC(N)C(=O)O.O=C(O)C1CCCN1. The van der Waals surface area contributed by atoms with E-state index in [0.29, 0.717) is 19.4 Å². The van der Waals surface area contributed by atoms with Gasteiger partial charge in [-0.1, -0.05) is 0 Å². The fraction of sp³-hybridized carbons (Fsp3) is 0.800. The van der Waals surface area contributed by atoms with Crippen LogP contribution in [0.15, 0.2) is 0 Å². The first-order valence-electron chi connectivity index (χ1n) is 5.63. The fourth-order valence-corrected chi connectivity index (χ4v) is 1.36. The van der Waals surface area contributed by atoms with E-state index >= 15 is 0 Å². The summed E-state index contributed by atoms with van der Waals surface area (Å²) < 4.78 is 0. The molecule has 7 N–H and O–H groups in total. The molecule has 0 saturated carbocycles. The lowest BCUT2D eigenvalue weighted by atomic mass is 10.2. The summed E-state index contributed by atoms with van der Waals surface area (Å²) in [6.45, 7) is 1.36. The van der Waals surface area contributed by atoms with Crippen molar-refractivity contribution >= 4 is 11.9 Å². The van der Waals surface area contributed by atoms with E-state index in [4.69, 9.17) is 21.7 Å². The van der Waals surface area contributed by atoms with Crippen LogP contribution in [0.4, 0.5) is 0 Å². The number of rotatable bonds is 5. The average molecular weight is 247 g/mol. The van der Waals surface area contributed by atoms with Crippen molar-refractivity contribution in [3.63, 3.8) is 0 Å². The van der Waals surface area contributed by atoms with Gasteiger partial charge < -0.3 is 27.0 Å². The molecule has 1 rings (SSSR count). The van der Waals surface area contributed by atoms with Crippen LogP contribution in [-0.4, -0.2) is 47.3 Å². The Kier molecular flexibility index (Phi) is 8.29. The van der Waals surface area contributed by atoms with Crippen LogP contribution in [0.3, 0.4) is 0 Å². The summed E-state index contributed by atoms with van der Waals surface area (Å²) in [7, 11) is 0. The second-order valence-corrected chi connectivity index (χ2v) is 3.86. The Morgan fingerprint density at radius 2 is 2.06 bits per heavy atom. The molecule has 17 heavy (non-hydrogen) atoms. The van der Waals surface area contributed by atoms with Crippen LogP contribution in [0.25, 0.3) is 0 Å². The van der Waals surface area contributed by atoms with Crippen molar-refractivity contribution in [2.75, 3.05) is 13.1 Å². The normalized spacial score (nSPS) is 20.2. The van der Waals surface area contributed by atoms with E-state index in [1.54, 1.807) is 0 Å². The first kappa shape index (κ1) is 15.8. The Morgan fingerprint density at radius 1 is 1.41 bits per heavy atom. The van der Waals surface area contributed by atoms with Crippen LogP contribution in [-0.2, 0) is 9.59 Å². The maximum Gasteiger partial charge on any atom is 0.320 e. The van der Waals surface area contributed by atoms with E-state index in [1.165, 1.54) is 0 Å². The number of carbonyl (C=O) groups is 2. The molecule has 0 bridgehead atoms. The third-order valence-corrected chi connectivity index (χ3v) is 2.39. The molecule has 0 aromatic carbocycles. The van der Waals surface area contributed by atoms with Gasteiger partial charge in [0.15, 0.2) is 0 Å². The van der Waals surface area contributed by atoms with Gasteiger partial charge in [0.1, 0.15) is 12.1 Å². The van der Waals surface area contributed by atoms with E-state index in [9.17, 15) is 9.59 Å². The summed E-state index contributed by atoms with van der Waals surface area (Å²) in [6, 6.07) is -1.01. The second-order valence-electron chi connectivity index (χ2n) is 3.86. The maximum atomic E-state index is 10.1. The molecule has 0 spiro atoms. The van der Waals surface area contributed by atoms with Crippen LogP contribution < -0.4 is 16.8 Å². The molecular formula is C10H21N3O4. The number of nitrogens with one attached hydrogen (secondary N) is 1. The number of hydrogen-bond acceptors (Lipinski definition) is 5. The minimum atomic E-state index is -0.955. The fourth-order valence-electron chi connectivity index (χ4n) is 1.36. The second kappa shape index (κ2) is 8.91. The number of hydrogen-bond donors (Lipinski definition) is 5. The molecule has 7 heteroatoms. The van der Waals surface area contributed by atoms with E-state index < -0.39 is 18.0 Å². The van der Waals surface area contributed by atoms with E-state index in [2.05, 4.69) is 5.32 Å². The molecule has 2 unspecified atom stereocenters. The molecule has 7 nitrogen and oxygen atoms in total. The first-order valence-corrected chi connectivity index (χ1v) is 5.63. The summed E-state index contributed by atoms with van der Waals surface area (Å²) in [4.78, 5) is 20.2. The minimum absolute atomic E-state index is 0.269. The van der Waals surface area contributed by atoms with Crippen molar-refractivity contribution in [3.05, 3.63) is 0 Å². The predicted molar refractivity (Wildman–Crippen MR) is 62.6 cm³/mol. The summed E-state index contributed by atoms with van der Waals surface area (Å²) >= 11 is 0. The topological polar surface area (TPSA) is 139 Å². The molecule has 1 fully saturated rings. The Bertz CT molecular complexity index is 242. The van der Waals surface area contributed by atoms with Gasteiger partial charge in [0.2, 0.25) is 0 Å². The molecule has 1 heterocycles. The molecule has 0 aliphatic carbocycles. The highest BCUT2D eigenvalue weighted by Crippen LogP contribution is 2.03. The summed E-state index contributed by atoms with van der Waals surface area (Å²) in [5.74, 6) is -1.68. The zero-order valence-electron chi connectivity index (χ0n) is 9.76. The highest BCUT2D eigenvalue weighted by Gasteiger charge is 2.20. The first-order chi connectivity index (χ1) is 7.99. The smallest absolute Gasteiger partial charge is 0.320 e. The van der Waals surface area contributed by atoms with Gasteiger partial charge in [-0.15, -0.1) is 0 Å². The maximum absolute atomic E-state index is 10.1. The molecule has 1 saturated heterocycles. The molecule has 0 radical (unpaired) electrons. The molecule has 0 amide bonds. The summed E-state index contributed by atoms with van der Waals surface area (Å²) in [5.41, 5.74) is 10.3. The highest BCUT2D eigenvalue weighted by atomic mass is 16.4. The van der Waals surface area contributed by atoms with Gasteiger partial charge in [-0.25, -0.2) is 0 Å². The van der Waals surface area contributed by atoms with Crippen molar-refractivity contribution in [1.29, 1.82) is 0 Å². The van der Waals surface area contributed by atoms with Gasteiger partial charge in [0.05, 0.1) is 0 Å². The summed E-state index contributed by atoms with van der Waals surface area (Å²) in [5, 5.41) is 19.5. The monoisotopic (exact) mass is 247 g/mol. The average Bonchev–Trinajstić information content (AvgIpc) is 2.80. The Balaban J connectivity index is 0.000000302. The van der Waals surface area contributed by atoms with Gasteiger partial charge in [0.25, 0.3) is 0 Å². The molecule has 1 aliphatic heterocycles. The van der Waals surface area contributed by atoms with Gasteiger partial charge in [-0.05, 0) is 38.8 Å². The highest BCUT2D eigenvalue weighted by molar-refractivity contribution is 5.73. The van der Waals surface area contributed by atoms with Crippen molar-refractivity contribution in [2.24, 2.45) is 11.5 Å². The molecule has 100 valence electrons. The third kappa shape index (κ3) is 7.67. The molecule has 1 aliphatic rings. The largest absolute Gasteiger partial charge is 0.480 e. The lowest BCUT2D eigenvalue weighted by molar-refractivity contribution is -0.139. The Hall–Kier alpha value is -1.18. The van der Waals surface area contributed by atoms with Gasteiger partial charge >= 0.3 is 11.9 Å². The minimum Gasteiger partial charge on any atom is -0.480 e. The Morgan fingerprint density at radius 3 is 2.35 bits per heavy atom. The van der Waals surface area contributed by atoms with Crippen LogP contribution in [0.5, 0.6) is 0 Å². The van der Waals surface area contributed by atoms with Gasteiger partial charge in [0, 0.05) is 0 Å². The van der Waals surface area contributed by atoms with E-state index in [-0.39, 0.29) is 6.04 Å². The lowest BCUT2D eigenvalue weighted by Crippen LogP contribution is -2.30. The number of nitrogens with two attached hydrogens (primary N) is 2. The van der Waals surface area contributed by atoms with Crippen LogP contribution in [0, 0.1) is 0 Å². The zero-order chi connectivity index (χ0) is 13.3. The predicted octanol–water partition coefficient (Wildman–Crippen LogP) is -1.04. The zero-order valence-corrected chi connectivity index (χ0v) is 9.76. The van der Waals surface area contributed by atoms with Crippen molar-refractivity contribution < 1.29 is 19.8 Å². The van der Waals surface area contributed by atoms with E-state index in [0.717, 1.165) is 19.4 Å². The quantitative estimate of drug-likeness (QED) is 0.418. The van der Waals surface area contributed by atoms with Crippen LogP contribution in [0.1, 0.15) is 25.7 Å². The van der Waals surface area contributed by atoms with Gasteiger partial charge in [-0.3, -0.25) is 9.59 Å². The third-order valence-electron chi connectivity index (χ3n) is 2.39. The van der Waals surface area contributed by atoms with Crippen LogP contribution in [0.2, 0.25) is 0 Å². The standard InChI is InChI=1S/C5H12N2O2.C5H9NO2/c6-3-1-2-4(7)5(8)9;7-5(8)4-2-1-3-6-4/h4H,1-3,6-7H2,(H,8,9);4,6H,1-3H2,(H,7,8). The molecule has 0 aromatic heterocycles. The molecule has 2 atom stereocenters.